The fourth-order valence-corrected chi connectivity index (χ4v) is 3.78. The number of carbonyl (C=O) groups is 2. The molecule has 0 bridgehead atoms. The van der Waals surface area contributed by atoms with Gasteiger partial charge in [0.25, 0.3) is 11.8 Å². The van der Waals surface area contributed by atoms with Gasteiger partial charge in [0.1, 0.15) is 5.75 Å². The van der Waals surface area contributed by atoms with Crippen LogP contribution in [0.15, 0.2) is 70.7 Å². The first-order valence-electron chi connectivity index (χ1n) is 10.5. The maximum atomic E-state index is 12.8. The van der Waals surface area contributed by atoms with Gasteiger partial charge in [-0.1, -0.05) is 13.0 Å². The Bertz CT molecular complexity index is 1250. The van der Waals surface area contributed by atoms with Crippen LogP contribution in [0.3, 0.4) is 0 Å². The second-order valence-electron chi connectivity index (χ2n) is 7.33. The molecule has 2 aromatic carbocycles. The normalized spacial score (nSPS) is 10.6. The van der Waals surface area contributed by atoms with Crippen LogP contribution in [0.4, 0.5) is 10.8 Å². The summed E-state index contributed by atoms with van der Waals surface area (Å²) < 4.78 is 10.7. The standard InChI is InChI=1S/C25H23N3O4S/c1-3-12-31-19-10-8-17(9-11-19)21-15-33-25(27-21)28-23(29)18-7-6-16(2)20(14-18)26-24(30)22-5-4-13-32-22/h4-11,13-15H,3,12H2,1-2H3,(H,26,30)(H,27,28,29). The van der Waals surface area contributed by atoms with Gasteiger partial charge >= 0.3 is 0 Å². The van der Waals surface area contributed by atoms with E-state index in [1.807, 2.05) is 36.6 Å². The average Bonchev–Trinajstić information content (AvgIpc) is 3.52. The number of anilines is 2. The Morgan fingerprint density at radius 1 is 1.06 bits per heavy atom. The van der Waals surface area contributed by atoms with E-state index >= 15 is 0 Å². The van der Waals surface area contributed by atoms with Crippen LogP contribution in [-0.2, 0) is 0 Å². The van der Waals surface area contributed by atoms with Gasteiger partial charge in [-0.05, 0) is 67.4 Å². The molecular formula is C25H23N3O4S. The van der Waals surface area contributed by atoms with Crippen molar-refractivity contribution < 1.29 is 18.7 Å². The molecule has 0 saturated carbocycles. The number of benzene rings is 2. The van der Waals surface area contributed by atoms with E-state index in [1.165, 1.54) is 17.6 Å². The van der Waals surface area contributed by atoms with Crippen LogP contribution in [-0.4, -0.2) is 23.4 Å². The highest BCUT2D eigenvalue weighted by molar-refractivity contribution is 7.14. The molecule has 2 amide bonds. The van der Waals surface area contributed by atoms with Gasteiger partial charge in [0.15, 0.2) is 10.9 Å². The number of amides is 2. The van der Waals surface area contributed by atoms with Crippen LogP contribution < -0.4 is 15.4 Å². The molecule has 4 aromatic rings. The van der Waals surface area contributed by atoms with E-state index in [0.717, 1.165) is 29.0 Å². The molecule has 4 rings (SSSR count). The molecule has 2 aromatic heterocycles. The highest BCUT2D eigenvalue weighted by Crippen LogP contribution is 2.27. The van der Waals surface area contributed by atoms with E-state index in [2.05, 4.69) is 22.5 Å². The van der Waals surface area contributed by atoms with E-state index in [1.54, 1.807) is 30.3 Å². The molecule has 2 heterocycles. The molecule has 33 heavy (non-hydrogen) atoms. The Kier molecular flexibility index (Phi) is 6.85. The summed E-state index contributed by atoms with van der Waals surface area (Å²) in [4.78, 5) is 29.6. The van der Waals surface area contributed by atoms with Gasteiger partial charge in [-0.2, -0.15) is 0 Å². The number of ether oxygens (including phenoxy) is 1. The third-order valence-corrected chi connectivity index (χ3v) is 5.60. The zero-order valence-electron chi connectivity index (χ0n) is 18.3. The molecule has 7 nitrogen and oxygen atoms in total. The molecule has 2 N–H and O–H groups in total. The first kappa shape index (κ1) is 22.3. The molecule has 0 aliphatic heterocycles. The van der Waals surface area contributed by atoms with Crippen LogP contribution in [0.1, 0.15) is 39.8 Å². The highest BCUT2D eigenvalue weighted by Gasteiger charge is 2.14. The number of aryl methyl sites for hydroxylation is 1. The van der Waals surface area contributed by atoms with Gasteiger partial charge in [0.05, 0.1) is 18.6 Å². The topological polar surface area (TPSA) is 93.5 Å². The quantitative estimate of drug-likeness (QED) is 0.335. The average molecular weight is 462 g/mol. The second kappa shape index (κ2) is 10.1. The first-order valence-corrected chi connectivity index (χ1v) is 11.4. The highest BCUT2D eigenvalue weighted by atomic mass is 32.1. The lowest BCUT2D eigenvalue weighted by Gasteiger charge is -2.09. The number of carbonyl (C=O) groups excluding carboxylic acids is 2. The smallest absolute Gasteiger partial charge is 0.291 e. The van der Waals surface area contributed by atoms with Crippen molar-refractivity contribution in [1.29, 1.82) is 0 Å². The Morgan fingerprint density at radius 2 is 1.88 bits per heavy atom. The molecule has 0 radical (unpaired) electrons. The Hall–Kier alpha value is -3.91. The third-order valence-electron chi connectivity index (χ3n) is 4.84. The summed E-state index contributed by atoms with van der Waals surface area (Å²) >= 11 is 1.35. The van der Waals surface area contributed by atoms with Crippen molar-refractivity contribution in [3.05, 3.63) is 83.1 Å². The van der Waals surface area contributed by atoms with E-state index in [-0.39, 0.29) is 17.6 Å². The molecule has 0 spiro atoms. The summed E-state index contributed by atoms with van der Waals surface area (Å²) in [6.45, 7) is 4.60. The van der Waals surface area contributed by atoms with Crippen molar-refractivity contribution >= 4 is 34.0 Å². The maximum absolute atomic E-state index is 12.8. The summed E-state index contributed by atoms with van der Waals surface area (Å²) in [6, 6.07) is 16.0. The number of hydrogen-bond donors (Lipinski definition) is 2. The van der Waals surface area contributed by atoms with Crippen LogP contribution in [0.2, 0.25) is 0 Å². The lowest BCUT2D eigenvalue weighted by molar-refractivity contribution is 0.0993. The van der Waals surface area contributed by atoms with Crippen LogP contribution >= 0.6 is 11.3 Å². The Balaban J connectivity index is 1.43. The van der Waals surface area contributed by atoms with Crippen molar-refractivity contribution in [3.63, 3.8) is 0 Å². The number of aromatic nitrogens is 1. The van der Waals surface area contributed by atoms with Gasteiger partial charge in [-0.25, -0.2) is 4.98 Å². The predicted molar refractivity (Wildman–Crippen MR) is 129 cm³/mol. The number of nitrogens with one attached hydrogen (secondary N) is 2. The van der Waals surface area contributed by atoms with Crippen LogP contribution in [0.25, 0.3) is 11.3 Å². The molecule has 0 aliphatic carbocycles. The zero-order valence-corrected chi connectivity index (χ0v) is 19.1. The largest absolute Gasteiger partial charge is 0.494 e. The predicted octanol–water partition coefficient (Wildman–Crippen LogP) is 6.00. The Morgan fingerprint density at radius 3 is 2.61 bits per heavy atom. The lowest BCUT2D eigenvalue weighted by Crippen LogP contribution is -2.15. The molecular weight excluding hydrogens is 438 g/mol. The van der Waals surface area contributed by atoms with Gasteiger partial charge in [-0.3, -0.25) is 14.9 Å². The van der Waals surface area contributed by atoms with E-state index in [0.29, 0.717) is 23.0 Å². The molecule has 0 unspecified atom stereocenters. The van der Waals surface area contributed by atoms with Crippen LogP contribution in [0.5, 0.6) is 5.75 Å². The minimum absolute atomic E-state index is 0.199. The molecule has 8 heteroatoms. The summed E-state index contributed by atoms with van der Waals surface area (Å²) in [5.74, 6) is 0.326. The number of rotatable bonds is 8. The fourth-order valence-electron chi connectivity index (χ4n) is 3.06. The van der Waals surface area contributed by atoms with E-state index in [9.17, 15) is 9.59 Å². The van der Waals surface area contributed by atoms with Gasteiger partial charge in [0, 0.05) is 22.2 Å². The number of furan rings is 1. The fraction of sp³-hybridized carbons (Fsp3) is 0.160. The van der Waals surface area contributed by atoms with Crippen molar-refractivity contribution in [2.24, 2.45) is 0 Å². The molecule has 168 valence electrons. The maximum Gasteiger partial charge on any atom is 0.291 e. The molecule has 0 atom stereocenters. The van der Waals surface area contributed by atoms with Crippen LogP contribution in [0, 0.1) is 6.92 Å². The van der Waals surface area contributed by atoms with E-state index in [4.69, 9.17) is 9.15 Å². The Labute approximate surface area is 195 Å². The van der Waals surface area contributed by atoms with Crippen molar-refractivity contribution in [1.82, 2.24) is 4.98 Å². The molecule has 0 aliphatic rings. The van der Waals surface area contributed by atoms with E-state index < -0.39 is 0 Å². The number of thiazole rings is 1. The summed E-state index contributed by atoms with van der Waals surface area (Å²) in [5, 5.41) is 7.99. The minimum Gasteiger partial charge on any atom is -0.494 e. The summed E-state index contributed by atoms with van der Waals surface area (Å²) in [5.41, 5.74) is 3.48. The molecule has 0 saturated heterocycles. The molecule has 0 fully saturated rings. The SMILES string of the molecule is CCCOc1ccc(-c2csc(NC(=O)c3ccc(C)c(NC(=O)c4ccco4)c3)n2)cc1. The monoisotopic (exact) mass is 461 g/mol. The van der Waals surface area contributed by atoms with Gasteiger partial charge in [-0.15, -0.1) is 11.3 Å². The zero-order chi connectivity index (χ0) is 23.2. The van der Waals surface area contributed by atoms with Gasteiger partial charge in [0.2, 0.25) is 0 Å². The van der Waals surface area contributed by atoms with Crippen molar-refractivity contribution in [3.8, 4) is 17.0 Å². The second-order valence-corrected chi connectivity index (χ2v) is 8.18. The number of nitrogens with zero attached hydrogens (tertiary/aromatic N) is 1. The third kappa shape index (κ3) is 5.48. The first-order chi connectivity index (χ1) is 16.0. The van der Waals surface area contributed by atoms with Gasteiger partial charge < -0.3 is 14.5 Å². The summed E-state index contributed by atoms with van der Waals surface area (Å²) in [6.07, 6.45) is 2.39. The summed E-state index contributed by atoms with van der Waals surface area (Å²) in [7, 11) is 0. The lowest BCUT2D eigenvalue weighted by atomic mass is 10.1. The van der Waals surface area contributed by atoms with Crippen molar-refractivity contribution in [2.45, 2.75) is 20.3 Å². The minimum atomic E-state index is -0.378. The number of hydrogen-bond acceptors (Lipinski definition) is 6. The van der Waals surface area contributed by atoms with Crippen molar-refractivity contribution in [2.75, 3.05) is 17.2 Å².